The number of benzene rings is 2. The van der Waals surface area contributed by atoms with Gasteiger partial charge in [-0.25, -0.2) is 9.78 Å². The summed E-state index contributed by atoms with van der Waals surface area (Å²) >= 11 is 6.07. The fraction of sp³-hybridized carbons (Fsp3) is 0.0476. The predicted octanol–water partition coefficient (Wildman–Crippen LogP) is 5.61. The Balaban J connectivity index is 1.56. The summed E-state index contributed by atoms with van der Waals surface area (Å²) in [5, 5.41) is 6.06. The van der Waals surface area contributed by atoms with E-state index in [9.17, 15) is 4.79 Å². The normalized spacial score (nSPS) is 10.7. The number of rotatable bonds is 3. The molecule has 2 N–H and O–H groups in total. The van der Waals surface area contributed by atoms with Crippen LogP contribution in [0.1, 0.15) is 5.56 Å². The van der Waals surface area contributed by atoms with E-state index >= 15 is 0 Å². The molecule has 5 nitrogen and oxygen atoms in total. The summed E-state index contributed by atoms with van der Waals surface area (Å²) in [4.78, 5) is 17.0. The number of halogens is 1. The molecule has 2 aromatic heterocycles. The molecule has 0 bridgehead atoms. The Kier molecular flexibility index (Phi) is 4.52. The monoisotopic (exact) mass is 376 g/mol. The van der Waals surface area contributed by atoms with Crippen molar-refractivity contribution < 1.29 is 4.79 Å². The lowest BCUT2D eigenvalue weighted by Gasteiger charge is -2.09. The van der Waals surface area contributed by atoms with Crippen molar-refractivity contribution in [3.05, 3.63) is 83.6 Å². The molecule has 0 spiro atoms. The number of hydrogen-bond donors (Lipinski definition) is 2. The van der Waals surface area contributed by atoms with Gasteiger partial charge in [-0.15, -0.1) is 0 Å². The number of carbonyl (C=O) groups excluding carboxylic acids is 1. The van der Waals surface area contributed by atoms with Crippen LogP contribution in [0.4, 0.5) is 16.2 Å². The SMILES string of the molecule is Cc1cccn2cc(-c3cccc(NC(=O)Nc4ccccc4Cl)c3)nc12. The van der Waals surface area contributed by atoms with Crippen molar-refractivity contribution in [2.45, 2.75) is 6.92 Å². The van der Waals surface area contributed by atoms with Crippen molar-refractivity contribution in [1.82, 2.24) is 9.38 Å². The number of hydrogen-bond acceptors (Lipinski definition) is 2. The van der Waals surface area contributed by atoms with E-state index in [0.29, 0.717) is 16.4 Å². The summed E-state index contributed by atoms with van der Waals surface area (Å²) in [5.74, 6) is 0. The first-order valence-electron chi connectivity index (χ1n) is 8.47. The van der Waals surface area contributed by atoms with Gasteiger partial charge in [-0.1, -0.05) is 41.9 Å². The maximum absolute atomic E-state index is 12.3. The highest BCUT2D eigenvalue weighted by atomic mass is 35.5. The second-order valence-electron chi connectivity index (χ2n) is 6.19. The molecule has 0 aliphatic carbocycles. The van der Waals surface area contributed by atoms with E-state index in [1.54, 1.807) is 12.1 Å². The van der Waals surface area contributed by atoms with Gasteiger partial charge in [-0.2, -0.15) is 0 Å². The van der Waals surface area contributed by atoms with Crippen LogP contribution in [0.2, 0.25) is 5.02 Å². The van der Waals surface area contributed by atoms with E-state index in [0.717, 1.165) is 22.5 Å². The van der Waals surface area contributed by atoms with Crippen LogP contribution in [-0.4, -0.2) is 15.4 Å². The Morgan fingerprint density at radius 3 is 2.70 bits per heavy atom. The molecule has 2 heterocycles. The molecule has 0 atom stereocenters. The van der Waals surface area contributed by atoms with Crippen LogP contribution >= 0.6 is 11.6 Å². The van der Waals surface area contributed by atoms with E-state index in [1.165, 1.54) is 0 Å². The number of amides is 2. The van der Waals surface area contributed by atoms with Crippen LogP contribution in [0.3, 0.4) is 0 Å². The van der Waals surface area contributed by atoms with Crippen molar-refractivity contribution in [1.29, 1.82) is 0 Å². The third kappa shape index (κ3) is 3.64. The summed E-state index contributed by atoms with van der Waals surface area (Å²) in [6.07, 6.45) is 3.95. The van der Waals surface area contributed by atoms with E-state index in [2.05, 4.69) is 10.6 Å². The van der Waals surface area contributed by atoms with Gasteiger partial charge in [0.05, 0.1) is 16.4 Å². The number of para-hydroxylation sites is 1. The van der Waals surface area contributed by atoms with Crippen LogP contribution in [0.5, 0.6) is 0 Å². The highest BCUT2D eigenvalue weighted by Crippen LogP contribution is 2.24. The number of urea groups is 1. The van der Waals surface area contributed by atoms with E-state index in [1.807, 2.05) is 72.2 Å². The molecule has 4 aromatic rings. The number of aromatic nitrogens is 2. The zero-order valence-corrected chi connectivity index (χ0v) is 15.4. The number of imidazole rings is 1. The lowest BCUT2D eigenvalue weighted by atomic mass is 10.1. The molecule has 4 rings (SSSR count). The van der Waals surface area contributed by atoms with Crippen LogP contribution in [0, 0.1) is 6.92 Å². The fourth-order valence-electron chi connectivity index (χ4n) is 2.90. The molecule has 0 saturated carbocycles. The quantitative estimate of drug-likeness (QED) is 0.488. The maximum atomic E-state index is 12.3. The van der Waals surface area contributed by atoms with Gasteiger partial charge in [0.2, 0.25) is 0 Å². The molecule has 0 unspecified atom stereocenters. The second-order valence-corrected chi connectivity index (χ2v) is 6.60. The molecule has 0 radical (unpaired) electrons. The van der Waals surface area contributed by atoms with Gasteiger partial charge >= 0.3 is 6.03 Å². The molecule has 0 fully saturated rings. The average Bonchev–Trinajstić information content (AvgIpc) is 3.10. The topological polar surface area (TPSA) is 58.4 Å². The Bertz CT molecular complexity index is 1140. The summed E-state index contributed by atoms with van der Waals surface area (Å²) in [5.41, 5.74) is 5.03. The van der Waals surface area contributed by atoms with Gasteiger partial charge in [0.1, 0.15) is 5.65 Å². The Labute approximate surface area is 161 Å². The third-order valence-electron chi connectivity index (χ3n) is 4.22. The molecule has 6 heteroatoms. The summed E-state index contributed by atoms with van der Waals surface area (Å²) in [6.45, 7) is 2.03. The molecule has 2 amide bonds. The first-order chi connectivity index (χ1) is 13.1. The minimum absolute atomic E-state index is 0.355. The molecule has 0 aliphatic rings. The van der Waals surface area contributed by atoms with Gasteiger partial charge in [0.15, 0.2) is 0 Å². The van der Waals surface area contributed by atoms with Crippen LogP contribution in [-0.2, 0) is 0 Å². The standard InChI is InChI=1S/C21H17ClN4O/c1-14-6-5-11-26-13-19(24-20(14)26)15-7-4-8-16(12-15)23-21(27)25-18-10-3-2-9-17(18)22/h2-13H,1H3,(H2,23,25,27). The zero-order chi connectivity index (χ0) is 18.8. The highest BCUT2D eigenvalue weighted by molar-refractivity contribution is 6.33. The van der Waals surface area contributed by atoms with Crippen molar-refractivity contribution in [3.8, 4) is 11.3 Å². The summed E-state index contributed by atoms with van der Waals surface area (Å²) < 4.78 is 1.99. The van der Waals surface area contributed by atoms with Crippen molar-refractivity contribution in [2.75, 3.05) is 10.6 Å². The van der Waals surface area contributed by atoms with Crippen LogP contribution in [0.25, 0.3) is 16.9 Å². The number of pyridine rings is 1. The first kappa shape index (κ1) is 17.1. The van der Waals surface area contributed by atoms with E-state index < -0.39 is 0 Å². The molecule has 2 aromatic carbocycles. The molecule has 0 saturated heterocycles. The Hall–Kier alpha value is -3.31. The minimum atomic E-state index is -0.355. The predicted molar refractivity (Wildman–Crippen MR) is 109 cm³/mol. The first-order valence-corrected chi connectivity index (χ1v) is 8.85. The lowest BCUT2D eigenvalue weighted by Crippen LogP contribution is -2.19. The third-order valence-corrected chi connectivity index (χ3v) is 4.55. The molecular weight excluding hydrogens is 360 g/mol. The number of anilines is 2. The molecule has 27 heavy (non-hydrogen) atoms. The maximum Gasteiger partial charge on any atom is 0.323 e. The van der Waals surface area contributed by atoms with Crippen molar-refractivity contribution >= 4 is 34.7 Å². The second kappa shape index (κ2) is 7.13. The Morgan fingerprint density at radius 1 is 1.04 bits per heavy atom. The fourth-order valence-corrected chi connectivity index (χ4v) is 3.08. The Morgan fingerprint density at radius 2 is 1.89 bits per heavy atom. The number of fused-ring (bicyclic) bond motifs is 1. The minimum Gasteiger partial charge on any atom is -0.308 e. The van der Waals surface area contributed by atoms with Crippen LogP contribution in [0.15, 0.2) is 73.1 Å². The number of nitrogens with zero attached hydrogens (tertiary/aromatic N) is 2. The van der Waals surface area contributed by atoms with Gasteiger partial charge in [-0.05, 0) is 42.8 Å². The van der Waals surface area contributed by atoms with Gasteiger partial charge in [0.25, 0.3) is 0 Å². The van der Waals surface area contributed by atoms with Crippen molar-refractivity contribution in [3.63, 3.8) is 0 Å². The smallest absolute Gasteiger partial charge is 0.308 e. The zero-order valence-electron chi connectivity index (χ0n) is 14.6. The summed E-state index contributed by atoms with van der Waals surface area (Å²) in [7, 11) is 0. The molecular formula is C21H17ClN4O. The van der Waals surface area contributed by atoms with E-state index in [4.69, 9.17) is 16.6 Å². The number of nitrogens with one attached hydrogen (secondary N) is 2. The average molecular weight is 377 g/mol. The number of carbonyl (C=O) groups is 1. The lowest BCUT2D eigenvalue weighted by molar-refractivity contribution is 0.262. The largest absolute Gasteiger partial charge is 0.323 e. The number of aryl methyl sites for hydroxylation is 1. The highest BCUT2D eigenvalue weighted by Gasteiger charge is 2.09. The van der Waals surface area contributed by atoms with Crippen molar-refractivity contribution in [2.24, 2.45) is 0 Å². The summed E-state index contributed by atoms with van der Waals surface area (Å²) in [6, 6.07) is 18.3. The van der Waals surface area contributed by atoms with Gasteiger partial charge in [0, 0.05) is 23.6 Å². The van der Waals surface area contributed by atoms with Crippen LogP contribution < -0.4 is 10.6 Å². The van der Waals surface area contributed by atoms with E-state index in [-0.39, 0.29) is 6.03 Å². The molecule has 134 valence electrons. The molecule has 0 aliphatic heterocycles. The van der Waals surface area contributed by atoms with Gasteiger partial charge in [-0.3, -0.25) is 0 Å². The van der Waals surface area contributed by atoms with Gasteiger partial charge < -0.3 is 15.0 Å².